The number of carbonyl (C=O) groups excluding carboxylic acids is 1. The molecule has 1 saturated heterocycles. The first-order valence-corrected chi connectivity index (χ1v) is 7.12. The fourth-order valence-electron chi connectivity index (χ4n) is 2.96. The Morgan fingerprint density at radius 2 is 1.90 bits per heavy atom. The van der Waals surface area contributed by atoms with Crippen molar-refractivity contribution in [2.24, 2.45) is 5.41 Å². The van der Waals surface area contributed by atoms with Gasteiger partial charge in [0, 0.05) is 25.2 Å². The third-order valence-electron chi connectivity index (χ3n) is 4.53. The van der Waals surface area contributed by atoms with Crippen molar-refractivity contribution < 1.29 is 9.72 Å². The number of nitro groups is 1. The van der Waals surface area contributed by atoms with Crippen LogP contribution in [-0.2, 0) is 0 Å². The second-order valence-corrected chi connectivity index (χ2v) is 6.06. The van der Waals surface area contributed by atoms with Crippen LogP contribution in [0.15, 0.2) is 18.2 Å². The summed E-state index contributed by atoms with van der Waals surface area (Å²) in [6, 6.07) is 4.23. The van der Waals surface area contributed by atoms with Gasteiger partial charge in [-0.2, -0.15) is 0 Å². The lowest BCUT2D eigenvalue weighted by atomic mass is 9.93. The van der Waals surface area contributed by atoms with Crippen LogP contribution < -0.4 is 4.90 Å². The molecule has 2 aliphatic rings. The van der Waals surface area contributed by atoms with Gasteiger partial charge in [-0.15, -0.1) is 0 Å². The number of halogens is 1. The first-order chi connectivity index (χ1) is 9.51. The Kier molecular flexibility index (Phi) is 3.17. The zero-order valence-corrected chi connectivity index (χ0v) is 11.7. The highest BCUT2D eigenvalue weighted by Crippen LogP contribution is 2.54. The molecule has 1 aromatic carbocycles. The number of rotatable bonds is 3. The molecular formula is C14H15ClN2O3. The molecule has 1 saturated carbocycles. The minimum Gasteiger partial charge on any atom is -0.371 e. The maximum absolute atomic E-state index is 11.5. The molecule has 3 rings (SSSR count). The number of nitrogens with zero attached hydrogens (tertiary/aromatic N) is 2. The van der Waals surface area contributed by atoms with Crippen molar-refractivity contribution in [3.8, 4) is 0 Å². The van der Waals surface area contributed by atoms with E-state index in [9.17, 15) is 14.9 Å². The standard InChI is InChI=1S/C14H15ClN2O3/c15-13(18)11-2-1-10(17(19)20)9-12(11)16-7-5-14(3-4-14)6-8-16/h1-2,9H,3-8H2. The number of carbonyl (C=O) groups is 1. The number of hydrogen-bond donors (Lipinski definition) is 0. The SMILES string of the molecule is O=C(Cl)c1ccc([N+](=O)[O-])cc1N1CCC2(CC1)CC2. The summed E-state index contributed by atoms with van der Waals surface area (Å²) in [5, 5.41) is 10.3. The number of piperidine rings is 1. The van der Waals surface area contributed by atoms with Gasteiger partial charge in [0.2, 0.25) is 0 Å². The number of benzene rings is 1. The molecule has 1 aliphatic carbocycles. The molecule has 0 radical (unpaired) electrons. The van der Waals surface area contributed by atoms with Gasteiger partial charge in [0.05, 0.1) is 16.2 Å². The fraction of sp³-hybridized carbons (Fsp3) is 0.500. The fourth-order valence-corrected chi connectivity index (χ4v) is 3.12. The third kappa shape index (κ3) is 2.38. The van der Waals surface area contributed by atoms with E-state index in [2.05, 4.69) is 0 Å². The Bertz CT molecular complexity index is 574. The van der Waals surface area contributed by atoms with E-state index in [1.54, 1.807) is 0 Å². The Morgan fingerprint density at radius 3 is 2.40 bits per heavy atom. The van der Waals surface area contributed by atoms with Gasteiger partial charge in [0.1, 0.15) is 0 Å². The molecule has 1 heterocycles. The van der Waals surface area contributed by atoms with Crippen molar-refractivity contribution in [3.05, 3.63) is 33.9 Å². The van der Waals surface area contributed by atoms with E-state index in [0.717, 1.165) is 25.9 Å². The highest BCUT2D eigenvalue weighted by atomic mass is 35.5. The molecule has 1 aromatic rings. The summed E-state index contributed by atoms with van der Waals surface area (Å²) in [4.78, 5) is 24.0. The van der Waals surface area contributed by atoms with Gasteiger partial charge in [-0.3, -0.25) is 14.9 Å². The summed E-state index contributed by atoms with van der Waals surface area (Å²) in [6.07, 6.45) is 4.76. The molecule has 0 aromatic heterocycles. The van der Waals surface area contributed by atoms with Crippen LogP contribution in [0.5, 0.6) is 0 Å². The van der Waals surface area contributed by atoms with Crippen molar-refractivity contribution in [2.75, 3.05) is 18.0 Å². The first-order valence-electron chi connectivity index (χ1n) is 6.74. The molecule has 0 bridgehead atoms. The summed E-state index contributed by atoms with van der Waals surface area (Å²) in [5.41, 5.74) is 1.45. The van der Waals surface area contributed by atoms with Crippen LogP contribution >= 0.6 is 11.6 Å². The summed E-state index contributed by atoms with van der Waals surface area (Å²) in [6.45, 7) is 1.66. The Morgan fingerprint density at radius 1 is 1.25 bits per heavy atom. The summed E-state index contributed by atoms with van der Waals surface area (Å²) >= 11 is 5.59. The van der Waals surface area contributed by atoms with E-state index in [1.807, 2.05) is 4.90 Å². The Hall–Kier alpha value is -1.62. The van der Waals surface area contributed by atoms with Crippen LogP contribution in [0.2, 0.25) is 0 Å². The van der Waals surface area contributed by atoms with E-state index >= 15 is 0 Å². The summed E-state index contributed by atoms with van der Waals surface area (Å²) in [7, 11) is 0. The molecule has 106 valence electrons. The molecule has 0 atom stereocenters. The molecule has 6 heteroatoms. The Labute approximate surface area is 121 Å². The van der Waals surface area contributed by atoms with Crippen molar-refractivity contribution in [2.45, 2.75) is 25.7 Å². The largest absolute Gasteiger partial charge is 0.371 e. The molecule has 20 heavy (non-hydrogen) atoms. The number of non-ortho nitro benzene ring substituents is 1. The van der Waals surface area contributed by atoms with Crippen LogP contribution in [0.1, 0.15) is 36.0 Å². The van der Waals surface area contributed by atoms with E-state index in [1.165, 1.54) is 31.0 Å². The lowest BCUT2D eigenvalue weighted by Crippen LogP contribution is -2.35. The number of hydrogen-bond acceptors (Lipinski definition) is 4. The van der Waals surface area contributed by atoms with Crippen LogP contribution in [0.25, 0.3) is 0 Å². The quantitative estimate of drug-likeness (QED) is 0.487. The van der Waals surface area contributed by atoms with Crippen LogP contribution in [0, 0.1) is 15.5 Å². The van der Waals surface area contributed by atoms with Gasteiger partial charge in [0.15, 0.2) is 0 Å². The van der Waals surface area contributed by atoms with E-state index in [4.69, 9.17) is 11.6 Å². The highest BCUT2D eigenvalue weighted by molar-refractivity contribution is 6.68. The van der Waals surface area contributed by atoms with Gasteiger partial charge in [0.25, 0.3) is 10.9 Å². The molecule has 0 amide bonds. The predicted molar refractivity (Wildman–Crippen MR) is 76.4 cm³/mol. The maximum atomic E-state index is 11.5. The molecular weight excluding hydrogens is 280 g/mol. The van der Waals surface area contributed by atoms with Gasteiger partial charge in [-0.25, -0.2) is 0 Å². The zero-order valence-electron chi connectivity index (χ0n) is 11.0. The van der Waals surface area contributed by atoms with E-state index < -0.39 is 10.2 Å². The summed E-state index contributed by atoms with van der Waals surface area (Å²) in [5.74, 6) is 0. The molecule has 5 nitrogen and oxygen atoms in total. The van der Waals surface area contributed by atoms with E-state index in [-0.39, 0.29) is 5.69 Å². The predicted octanol–water partition coefficient (Wildman–Crippen LogP) is 3.35. The molecule has 1 spiro atoms. The minimum atomic E-state index is -0.568. The number of anilines is 1. The maximum Gasteiger partial charge on any atom is 0.271 e. The monoisotopic (exact) mass is 294 g/mol. The van der Waals surface area contributed by atoms with Crippen LogP contribution in [-0.4, -0.2) is 23.3 Å². The zero-order chi connectivity index (χ0) is 14.3. The average Bonchev–Trinajstić information content (AvgIpc) is 3.18. The second kappa shape index (κ2) is 4.74. The van der Waals surface area contributed by atoms with Gasteiger partial charge >= 0.3 is 0 Å². The average molecular weight is 295 g/mol. The number of nitro benzene ring substituents is 1. The van der Waals surface area contributed by atoms with Gasteiger partial charge < -0.3 is 4.90 Å². The lowest BCUT2D eigenvalue weighted by molar-refractivity contribution is -0.384. The van der Waals surface area contributed by atoms with Gasteiger partial charge in [-0.05, 0) is 48.8 Å². The van der Waals surface area contributed by atoms with Crippen molar-refractivity contribution in [1.82, 2.24) is 0 Å². The lowest BCUT2D eigenvalue weighted by Gasteiger charge is -2.34. The van der Waals surface area contributed by atoms with E-state index in [0.29, 0.717) is 16.7 Å². The van der Waals surface area contributed by atoms with Crippen molar-refractivity contribution in [1.29, 1.82) is 0 Å². The molecule has 2 fully saturated rings. The molecule has 0 N–H and O–H groups in total. The minimum absolute atomic E-state index is 0.00613. The van der Waals surface area contributed by atoms with Gasteiger partial charge in [-0.1, -0.05) is 0 Å². The smallest absolute Gasteiger partial charge is 0.271 e. The normalized spacial score (nSPS) is 19.9. The molecule has 1 aliphatic heterocycles. The third-order valence-corrected chi connectivity index (χ3v) is 4.73. The summed E-state index contributed by atoms with van der Waals surface area (Å²) < 4.78 is 0. The topological polar surface area (TPSA) is 63.4 Å². The van der Waals surface area contributed by atoms with Crippen LogP contribution in [0.3, 0.4) is 0 Å². The molecule has 0 unspecified atom stereocenters. The van der Waals surface area contributed by atoms with Crippen molar-refractivity contribution in [3.63, 3.8) is 0 Å². The first kappa shape index (κ1) is 13.4. The second-order valence-electron chi connectivity index (χ2n) is 5.72. The Balaban J connectivity index is 1.91. The van der Waals surface area contributed by atoms with Crippen LogP contribution in [0.4, 0.5) is 11.4 Å². The van der Waals surface area contributed by atoms with Crippen molar-refractivity contribution >= 4 is 28.2 Å². The highest BCUT2D eigenvalue weighted by Gasteiger charge is 2.44.